The second kappa shape index (κ2) is 7.18. The summed E-state index contributed by atoms with van der Waals surface area (Å²) < 4.78 is 0. The van der Waals surface area contributed by atoms with Crippen molar-refractivity contribution in [2.24, 2.45) is 11.1 Å². The Balaban J connectivity index is 1.56. The van der Waals surface area contributed by atoms with Crippen LogP contribution in [0.1, 0.15) is 32.6 Å². The first kappa shape index (κ1) is 18.9. The van der Waals surface area contributed by atoms with Gasteiger partial charge < -0.3 is 16.4 Å². The van der Waals surface area contributed by atoms with Crippen molar-refractivity contribution < 1.29 is 0 Å². The fraction of sp³-hybridized carbons (Fsp3) is 0.474. The van der Waals surface area contributed by atoms with Gasteiger partial charge in [-0.05, 0) is 37.2 Å². The van der Waals surface area contributed by atoms with Crippen LogP contribution in [0.25, 0.3) is 22.4 Å². The maximum Gasteiger partial charge on any atom is 0.202 e. The molecule has 8 nitrogen and oxygen atoms in total. The van der Waals surface area contributed by atoms with E-state index in [2.05, 4.69) is 37.0 Å². The summed E-state index contributed by atoms with van der Waals surface area (Å²) in [5, 5.41) is 7.66. The highest BCUT2D eigenvalue weighted by Gasteiger charge is 2.42. The molecule has 0 saturated heterocycles. The van der Waals surface area contributed by atoms with Crippen molar-refractivity contribution in [3.8, 4) is 11.3 Å². The van der Waals surface area contributed by atoms with E-state index in [0.717, 1.165) is 31.6 Å². The van der Waals surface area contributed by atoms with Gasteiger partial charge in [0.15, 0.2) is 0 Å². The Hall–Kier alpha value is -2.45. The number of rotatable bonds is 6. The maximum atomic E-state index is 6.29. The van der Waals surface area contributed by atoms with E-state index in [1.807, 2.05) is 7.05 Å². The van der Waals surface area contributed by atoms with Gasteiger partial charge in [-0.15, -0.1) is 0 Å². The fourth-order valence-electron chi connectivity index (χ4n) is 3.96. The molecule has 0 spiro atoms. The number of fused-ring (bicyclic) bond motifs is 1. The van der Waals surface area contributed by atoms with Crippen LogP contribution in [0.4, 0.5) is 11.6 Å². The average molecular weight is 401 g/mol. The Morgan fingerprint density at radius 3 is 2.89 bits per heavy atom. The lowest BCUT2D eigenvalue weighted by atomic mass is 9.61. The first-order valence-corrected chi connectivity index (χ1v) is 9.91. The summed E-state index contributed by atoms with van der Waals surface area (Å²) in [6, 6.07) is 2.09. The monoisotopic (exact) mass is 400 g/mol. The van der Waals surface area contributed by atoms with Gasteiger partial charge in [0.05, 0.1) is 16.9 Å². The van der Waals surface area contributed by atoms with Gasteiger partial charge in [-0.1, -0.05) is 18.5 Å². The van der Waals surface area contributed by atoms with Gasteiger partial charge in [-0.3, -0.25) is 5.10 Å². The second-order valence-corrected chi connectivity index (χ2v) is 7.97. The molecule has 3 aromatic rings. The van der Waals surface area contributed by atoms with Crippen LogP contribution in [-0.2, 0) is 0 Å². The van der Waals surface area contributed by atoms with Crippen molar-refractivity contribution in [2.45, 2.75) is 38.6 Å². The Morgan fingerprint density at radius 2 is 2.21 bits per heavy atom. The van der Waals surface area contributed by atoms with E-state index in [9.17, 15) is 0 Å². The smallest absolute Gasteiger partial charge is 0.202 e. The quantitative estimate of drug-likeness (QED) is 0.581. The lowest BCUT2D eigenvalue weighted by Crippen LogP contribution is -2.51. The lowest BCUT2D eigenvalue weighted by molar-refractivity contribution is 0.0789. The first-order valence-electron chi connectivity index (χ1n) is 9.53. The Labute approximate surface area is 168 Å². The molecule has 0 aliphatic heterocycles. The van der Waals surface area contributed by atoms with Crippen molar-refractivity contribution in [1.82, 2.24) is 25.1 Å². The van der Waals surface area contributed by atoms with Crippen LogP contribution in [-0.4, -0.2) is 44.8 Å². The molecule has 0 amide bonds. The predicted molar refractivity (Wildman–Crippen MR) is 112 cm³/mol. The zero-order valence-electron chi connectivity index (χ0n) is 16.1. The molecule has 148 valence electrons. The molecule has 1 fully saturated rings. The third-order valence-electron chi connectivity index (χ3n) is 6.22. The van der Waals surface area contributed by atoms with Gasteiger partial charge in [-0.2, -0.15) is 5.10 Å². The summed E-state index contributed by atoms with van der Waals surface area (Å²) in [5.41, 5.74) is 14.9. The minimum Gasteiger partial charge on any atom is -0.382 e. The van der Waals surface area contributed by atoms with Crippen LogP contribution in [0.5, 0.6) is 0 Å². The zero-order valence-corrected chi connectivity index (χ0v) is 16.9. The molecule has 2 unspecified atom stereocenters. The number of hydrogen-bond donors (Lipinski definition) is 3. The van der Waals surface area contributed by atoms with Crippen molar-refractivity contribution in [3.05, 3.63) is 23.5 Å². The molecule has 0 bridgehead atoms. The van der Waals surface area contributed by atoms with E-state index in [1.54, 1.807) is 18.5 Å². The molecule has 3 aromatic heterocycles. The van der Waals surface area contributed by atoms with Gasteiger partial charge in [0.1, 0.15) is 17.2 Å². The normalized spacial score (nSPS) is 21.6. The van der Waals surface area contributed by atoms with Gasteiger partial charge in [-0.25, -0.2) is 15.0 Å². The summed E-state index contributed by atoms with van der Waals surface area (Å²) in [6.45, 7) is 3.11. The SMILES string of the molecule is CCC1(CCN(C)c2cnc3c(-c4ccnc(N)c4Cl)[nH]nc3n2)CCC1N. The van der Waals surface area contributed by atoms with Crippen molar-refractivity contribution in [1.29, 1.82) is 0 Å². The van der Waals surface area contributed by atoms with Gasteiger partial charge in [0.2, 0.25) is 5.65 Å². The molecule has 3 heterocycles. The zero-order chi connectivity index (χ0) is 19.9. The highest BCUT2D eigenvalue weighted by atomic mass is 35.5. The molecule has 2 atom stereocenters. The molecule has 0 aromatic carbocycles. The third-order valence-corrected chi connectivity index (χ3v) is 6.61. The number of aromatic nitrogens is 5. The molecular weight excluding hydrogens is 376 g/mol. The molecular formula is C19H25ClN8. The topological polar surface area (TPSA) is 123 Å². The summed E-state index contributed by atoms with van der Waals surface area (Å²) in [6.07, 6.45) is 7.87. The molecule has 1 aliphatic rings. The Kier molecular flexibility index (Phi) is 4.84. The number of hydrogen-bond acceptors (Lipinski definition) is 7. The summed E-state index contributed by atoms with van der Waals surface area (Å²) in [5.74, 6) is 1.05. The molecule has 4 rings (SSSR count). The largest absolute Gasteiger partial charge is 0.382 e. The molecule has 5 N–H and O–H groups in total. The number of nitrogen functional groups attached to an aromatic ring is 1. The van der Waals surface area contributed by atoms with Gasteiger partial charge in [0.25, 0.3) is 0 Å². The van der Waals surface area contributed by atoms with Crippen LogP contribution in [0.2, 0.25) is 5.02 Å². The highest BCUT2D eigenvalue weighted by molar-refractivity contribution is 6.35. The molecule has 28 heavy (non-hydrogen) atoms. The predicted octanol–water partition coefficient (Wildman–Crippen LogP) is 2.99. The Bertz CT molecular complexity index is 999. The average Bonchev–Trinajstić information content (AvgIpc) is 3.12. The number of anilines is 2. The van der Waals surface area contributed by atoms with Gasteiger partial charge in [0, 0.05) is 31.4 Å². The van der Waals surface area contributed by atoms with E-state index in [1.165, 1.54) is 6.42 Å². The molecule has 1 aliphatic carbocycles. The molecule has 1 saturated carbocycles. The lowest BCUT2D eigenvalue weighted by Gasteiger charge is -2.48. The van der Waals surface area contributed by atoms with Crippen molar-refractivity contribution in [3.63, 3.8) is 0 Å². The van der Waals surface area contributed by atoms with Gasteiger partial charge >= 0.3 is 0 Å². The number of H-pyrrole nitrogens is 1. The van der Waals surface area contributed by atoms with E-state index >= 15 is 0 Å². The van der Waals surface area contributed by atoms with E-state index in [4.69, 9.17) is 23.1 Å². The van der Waals surface area contributed by atoms with Crippen LogP contribution < -0.4 is 16.4 Å². The molecule has 9 heteroatoms. The van der Waals surface area contributed by atoms with E-state index in [-0.39, 0.29) is 11.2 Å². The van der Waals surface area contributed by atoms with Crippen molar-refractivity contribution in [2.75, 3.05) is 24.2 Å². The summed E-state index contributed by atoms with van der Waals surface area (Å²) >= 11 is 6.29. The molecule has 0 radical (unpaired) electrons. The van der Waals surface area contributed by atoms with Crippen LogP contribution in [0, 0.1) is 5.41 Å². The summed E-state index contributed by atoms with van der Waals surface area (Å²) in [7, 11) is 2.03. The first-order chi connectivity index (χ1) is 13.4. The van der Waals surface area contributed by atoms with E-state index < -0.39 is 0 Å². The standard InChI is InChI=1S/C19H25ClN8/c1-3-19(6-4-12(19)21)7-9-28(2)13-10-24-16-15(26-27-18(16)25-13)11-5-8-23-17(22)14(11)20/h5,8,10,12H,3-4,6-7,9,21H2,1-2H3,(H2,22,23)(H,25,26,27). The number of aromatic amines is 1. The highest BCUT2D eigenvalue weighted by Crippen LogP contribution is 2.45. The van der Waals surface area contributed by atoms with Crippen LogP contribution >= 0.6 is 11.6 Å². The number of nitrogens with zero attached hydrogens (tertiary/aromatic N) is 5. The number of halogens is 1. The second-order valence-electron chi connectivity index (χ2n) is 7.59. The number of nitrogens with two attached hydrogens (primary N) is 2. The Morgan fingerprint density at radius 1 is 1.39 bits per heavy atom. The minimum absolute atomic E-state index is 0.267. The van der Waals surface area contributed by atoms with Crippen molar-refractivity contribution >= 4 is 34.4 Å². The minimum atomic E-state index is 0.267. The summed E-state index contributed by atoms with van der Waals surface area (Å²) in [4.78, 5) is 15.3. The maximum absolute atomic E-state index is 6.29. The third kappa shape index (κ3) is 3.06. The number of nitrogens with one attached hydrogen (secondary N) is 1. The fourth-order valence-corrected chi connectivity index (χ4v) is 4.17. The number of pyridine rings is 1. The van der Waals surface area contributed by atoms with Crippen LogP contribution in [0.15, 0.2) is 18.5 Å². The van der Waals surface area contributed by atoms with Crippen LogP contribution in [0.3, 0.4) is 0 Å². The van der Waals surface area contributed by atoms with E-state index in [0.29, 0.717) is 33.5 Å².